The highest BCUT2D eigenvalue weighted by Crippen LogP contribution is 1.93. The van der Waals surface area contributed by atoms with Crippen molar-refractivity contribution in [3.63, 3.8) is 0 Å². The summed E-state index contributed by atoms with van der Waals surface area (Å²) in [7, 11) is -2.18. The van der Waals surface area contributed by atoms with E-state index in [4.69, 9.17) is 16.3 Å². The maximum Gasteiger partial charge on any atom is 0.212 e. The van der Waals surface area contributed by atoms with E-state index in [9.17, 15) is 0 Å². The monoisotopic (exact) mass is 120 g/mol. The summed E-state index contributed by atoms with van der Waals surface area (Å²) in [6, 6.07) is 0. The summed E-state index contributed by atoms with van der Waals surface area (Å²) in [5.74, 6) is -0.507. The zero-order chi connectivity index (χ0) is 6.08. The summed E-state index contributed by atoms with van der Waals surface area (Å²) in [6.07, 6.45) is 0. The van der Waals surface area contributed by atoms with Crippen LogP contribution in [0.4, 0.5) is 0 Å². The van der Waals surface area contributed by atoms with Crippen molar-refractivity contribution in [3.8, 4) is 0 Å². The van der Waals surface area contributed by atoms with Crippen LogP contribution in [0.15, 0.2) is 0 Å². The Morgan fingerprint density at radius 1 is 1.43 bits per heavy atom. The van der Waals surface area contributed by atoms with E-state index in [1.54, 1.807) is 13.1 Å². The lowest BCUT2D eigenvalue weighted by molar-refractivity contribution is 0.526. The minimum atomic E-state index is -2.18. The normalized spacial score (nSPS) is 12.9. The first-order valence-electron chi connectivity index (χ1n) is 2.18. The van der Waals surface area contributed by atoms with Crippen molar-refractivity contribution >= 4 is 8.32 Å². The zero-order valence-corrected chi connectivity index (χ0v) is 5.68. The summed E-state index contributed by atoms with van der Waals surface area (Å²) >= 11 is 0. The van der Waals surface area contributed by atoms with Gasteiger partial charge >= 0.3 is 0 Å². The molecule has 0 spiro atoms. The van der Waals surface area contributed by atoms with Gasteiger partial charge in [-0.2, -0.15) is 0 Å². The Morgan fingerprint density at radius 3 is 1.57 bits per heavy atom. The third-order valence-corrected chi connectivity index (χ3v) is 2.45. The summed E-state index contributed by atoms with van der Waals surface area (Å²) in [4.78, 5) is 8.98. The van der Waals surface area contributed by atoms with Gasteiger partial charge in [0.05, 0.1) is 5.79 Å². The first-order chi connectivity index (χ1) is 2.94. The van der Waals surface area contributed by atoms with E-state index < -0.39 is 14.1 Å². The lowest BCUT2D eigenvalue weighted by Gasteiger charge is -2.17. The molecule has 4 heteroatoms. The van der Waals surface area contributed by atoms with Crippen molar-refractivity contribution in [2.24, 2.45) is 11.5 Å². The largest absolute Gasteiger partial charge is 0.429 e. The van der Waals surface area contributed by atoms with Crippen molar-refractivity contribution in [1.82, 2.24) is 0 Å². The fraction of sp³-hybridized carbons (Fsp3) is 1.00. The molecule has 3 nitrogen and oxygen atoms in total. The highest BCUT2D eigenvalue weighted by molar-refractivity contribution is 6.71. The second kappa shape index (κ2) is 1.91. The molecule has 0 aromatic heterocycles. The Bertz CT molecular complexity index is 58.4. The van der Waals surface area contributed by atoms with Crippen LogP contribution in [0.3, 0.4) is 0 Å². The third-order valence-electron chi connectivity index (χ3n) is 0.816. The zero-order valence-electron chi connectivity index (χ0n) is 4.68. The Morgan fingerprint density at radius 2 is 1.57 bits per heavy atom. The van der Waals surface area contributed by atoms with Crippen LogP contribution in [0.2, 0.25) is 13.1 Å². The number of hydrogen-bond donors (Lipinski definition) is 3. The van der Waals surface area contributed by atoms with Crippen LogP contribution in [0.25, 0.3) is 0 Å². The average molecular weight is 120 g/mol. The molecular formula is C3H12N2OSi. The predicted octanol–water partition coefficient (Wildman–Crippen LogP) is -1.03. The summed E-state index contributed by atoms with van der Waals surface area (Å²) in [5, 5.41) is 0. The van der Waals surface area contributed by atoms with Crippen LogP contribution in [0.5, 0.6) is 0 Å². The molecule has 0 aliphatic rings. The Labute approximate surface area is 44.4 Å². The van der Waals surface area contributed by atoms with Crippen LogP contribution in [-0.4, -0.2) is 18.9 Å². The average Bonchev–Trinajstić information content (AvgIpc) is 1.31. The number of hydrogen-bond acceptors (Lipinski definition) is 3. The number of nitrogens with two attached hydrogens (primary N) is 2. The highest BCUT2D eigenvalue weighted by atomic mass is 28.4. The molecule has 0 aromatic rings. The number of rotatable bonds is 1. The van der Waals surface area contributed by atoms with E-state index in [1.807, 2.05) is 0 Å². The second-order valence-corrected chi connectivity index (χ2v) is 6.15. The first kappa shape index (κ1) is 7.10. The molecule has 0 unspecified atom stereocenters. The van der Waals surface area contributed by atoms with Crippen molar-refractivity contribution in [2.75, 3.05) is 0 Å². The van der Waals surface area contributed by atoms with E-state index in [0.717, 1.165) is 0 Å². The minimum absolute atomic E-state index is 0.507. The van der Waals surface area contributed by atoms with E-state index in [0.29, 0.717) is 0 Å². The Kier molecular flexibility index (Phi) is 1.94. The maximum absolute atomic E-state index is 8.98. The van der Waals surface area contributed by atoms with Crippen molar-refractivity contribution in [1.29, 1.82) is 0 Å². The topological polar surface area (TPSA) is 72.3 Å². The summed E-state index contributed by atoms with van der Waals surface area (Å²) in [6.45, 7) is 3.41. The molecule has 0 saturated carbocycles. The van der Waals surface area contributed by atoms with Crippen molar-refractivity contribution in [2.45, 2.75) is 18.9 Å². The van der Waals surface area contributed by atoms with Gasteiger partial charge in [-0.15, -0.1) is 0 Å². The van der Waals surface area contributed by atoms with Gasteiger partial charge in [-0.25, -0.2) is 0 Å². The molecule has 5 N–H and O–H groups in total. The molecule has 0 bridgehead atoms. The molecule has 0 aliphatic heterocycles. The fourth-order valence-electron chi connectivity index (χ4n) is 0. The molecule has 0 amide bonds. The molecule has 0 saturated heterocycles. The summed E-state index contributed by atoms with van der Waals surface area (Å²) in [5.41, 5.74) is 10.3. The molecule has 0 heterocycles. The van der Waals surface area contributed by atoms with Gasteiger partial charge in [0, 0.05) is 0 Å². The van der Waals surface area contributed by atoms with Crippen molar-refractivity contribution in [3.05, 3.63) is 0 Å². The van der Waals surface area contributed by atoms with E-state index >= 15 is 0 Å². The summed E-state index contributed by atoms with van der Waals surface area (Å²) < 4.78 is 0. The van der Waals surface area contributed by atoms with Crippen LogP contribution < -0.4 is 11.5 Å². The van der Waals surface area contributed by atoms with Crippen LogP contribution >= 0.6 is 0 Å². The molecule has 0 radical (unpaired) electrons. The van der Waals surface area contributed by atoms with Gasteiger partial charge in [0.2, 0.25) is 8.32 Å². The Balaban J connectivity index is 3.54. The lowest BCUT2D eigenvalue weighted by Crippen LogP contribution is -2.54. The van der Waals surface area contributed by atoms with Gasteiger partial charge in [-0.3, -0.25) is 0 Å². The van der Waals surface area contributed by atoms with Gasteiger partial charge in [0.25, 0.3) is 0 Å². The van der Waals surface area contributed by atoms with E-state index in [2.05, 4.69) is 0 Å². The molecule has 0 fully saturated rings. The minimum Gasteiger partial charge on any atom is -0.429 e. The molecule has 0 aromatic carbocycles. The lowest BCUT2D eigenvalue weighted by atomic mass is 11.2. The SMILES string of the molecule is C[Si](C)(O)C(N)N. The molecule has 0 aliphatic carbocycles. The van der Waals surface area contributed by atoms with Crippen LogP contribution in [0.1, 0.15) is 0 Å². The second-order valence-electron chi connectivity index (χ2n) is 2.18. The third kappa shape index (κ3) is 2.75. The standard InChI is InChI=1S/C3H12N2OSi/c1-7(2,6)3(4)5/h3,6H,4-5H2,1-2H3. The van der Waals surface area contributed by atoms with Crippen molar-refractivity contribution < 1.29 is 4.80 Å². The quantitative estimate of drug-likeness (QED) is 0.306. The molecule has 0 rings (SSSR count). The molecular weight excluding hydrogens is 108 g/mol. The van der Waals surface area contributed by atoms with Gasteiger partial charge in [-0.1, -0.05) is 0 Å². The first-order valence-corrected chi connectivity index (χ1v) is 5.20. The van der Waals surface area contributed by atoms with Gasteiger partial charge < -0.3 is 16.3 Å². The van der Waals surface area contributed by atoms with Crippen LogP contribution in [-0.2, 0) is 0 Å². The van der Waals surface area contributed by atoms with Gasteiger partial charge in [0.15, 0.2) is 0 Å². The fourth-order valence-corrected chi connectivity index (χ4v) is 0. The molecule has 0 atom stereocenters. The van der Waals surface area contributed by atoms with Crippen LogP contribution in [0, 0.1) is 0 Å². The Hall–Kier alpha value is 0.0969. The van der Waals surface area contributed by atoms with Gasteiger partial charge in [0.1, 0.15) is 0 Å². The molecule has 44 valence electrons. The highest BCUT2D eigenvalue weighted by Gasteiger charge is 2.22. The smallest absolute Gasteiger partial charge is 0.212 e. The maximum atomic E-state index is 8.98. The van der Waals surface area contributed by atoms with E-state index in [1.165, 1.54) is 0 Å². The van der Waals surface area contributed by atoms with E-state index in [-0.39, 0.29) is 0 Å². The van der Waals surface area contributed by atoms with Gasteiger partial charge in [-0.05, 0) is 13.1 Å². The predicted molar refractivity (Wildman–Crippen MR) is 31.9 cm³/mol. The molecule has 7 heavy (non-hydrogen) atoms.